The molecule has 0 saturated heterocycles. The minimum atomic E-state index is -0.562. The Balaban J connectivity index is -0.000000180. The van der Waals surface area contributed by atoms with E-state index in [1.807, 2.05) is 0 Å². The summed E-state index contributed by atoms with van der Waals surface area (Å²) in [5.74, 6) is -1.12. The van der Waals surface area contributed by atoms with Crippen LogP contribution in [0.25, 0.3) is 0 Å². The fourth-order valence-corrected chi connectivity index (χ4v) is 0.202. The summed E-state index contributed by atoms with van der Waals surface area (Å²) in [5, 5.41) is 0. The Morgan fingerprint density at radius 2 is 1.33 bits per heavy atom. The van der Waals surface area contributed by atoms with Gasteiger partial charge in [0.05, 0.1) is 0 Å². The van der Waals surface area contributed by atoms with Crippen LogP contribution in [0, 0.1) is 0 Å². The van der Waals surface area contributed by atoms with Crippen molar-refractivity contribution in [2.45, 2.75) is 13.8 Å². The van der Waals surface area contributed by atoms with E-state index in [-0.39, 0.29) is 39.9 Å². The fraction of sp³-hybridized carbons (Fsp3) is 0.500. The Bertz CT molecular complexity index is 92.0. The molecule has 0 aliphatic heterocycles. The van der Waals surface area contributed by atoms with Gasteiger partial charge in [-0.3, -0.25) is 9.59 Å². The number of hydrogen-bond acceptors (Lipinski definition) is 3. The fourth-order valence-electron chi connectivity index (χ4n) is 0.202. The summed E-state index contributed by atoms with van der Waals surface area (Å²) in [6.07, 6.45) is 0. The van der Waals surface area contributed by atoms with Gasteiger partial charge in [0, 0.05) is 53.7 Å². The Morgan fingerprint density at radius 1 is 1.11 bits per heavy atom. The van der Waals surface area contributed by atoms with Gasteiger partial charge in [0.25, 0.3) is 0 Å². The monoisotopic (exact) mass is 310 g/mol. The summed E-state index contributed by atoms with van der Waals surface area (Å²) < 4.78 is 3.97. The normalized spacial score (nSPS) is 6.00. The molecule has 0 radical (unpaired) electrons. The number of hydrogen-bond donors (Lipinski definition) is 0. The van der Waals surface area contributed by atoms with Crippen molar-refractivity contribution in [1.29, 1.82) is 0 Å². The van der Waals surface area contributed by atoms with Crippen molar-refractivity contribution in [2.75, 3.05) is 0 Å². The Hall–Kier alpha value is 0.426. The summed E-state index contributed by atoms with van der Waals surface area (Å²) in [5.41, 5.74) is 0. The van der Waals surface area contributed by atoms with E-state index in [9.17, 15) is 9.59 Å². The van der Waals surface area contributed by atoms with Gasteiger partial charge in [-0.25, -0.2) is 0 Å². The van der Waals surface area contributed by atoms with E-state index < -0.39 is 11.9 Å². The second-order valence-corrected chi connectivity index (χ2v) is 1.09. The van der Waals surface area contributed by atoms with E-state index in [2.05, 4.69) is 4.74 Å². The quantitative estimate of drug-likeness (QED) is 0.362. The zero-order chi connectivity index (χ0) is 5.86. The van der Waals surface area contributed by atoms with E-state index >= 15 is 0 Å². The van der Waals surface area contributed by atoms with Crippen LogP contribution in [0.5, 0.6) is 0 Å². The van der Waals surface area contributed by atoms with Gasteiger partial charge in [-0.1, -0.05) is 0 Å². The summed E-state index contributed by atoms with van der Waals surface area (Å²) in [6, 6.07) is 0. The van der Waals surface area contributed by atoms with Crippen molar-refractivity contribution in [2.24, 2.45) is 0 Å². The molecule has 0 saturated carbocycles. The van der Waals surface area contributed by atoms with Crippen molar-refractivity contribution >= 4 is 11.9 Å². The average molecular weight is 310 g/mol. The molecule has 0 heterocycles. The third kappa shape index (κ3) is 17.8. The summed E-state index contributed by atoms with van der Waals surface area (Å²) in [6.45, 7) is 2.36. The Labute approximate surface area is 79.9 Å². The van der Waals surface area contributed by atoms with Crippen LogP contribution < -0.4 is 0 Å². The van der Waals surface area contributed by atoms with Crippen molar-refractivity contribution < 1.29 is 54.2 Å². The standard InChI is InChI=1S/C4H6O3.Pd.Ru/c1-3(5)7-4(2)6;;/h1-2H3;;. The first kappa shape index (κ1) is 16.2. The first-order valence-electron chi connectivity index (χ1n) is 1.82. The molecule has 5 heteroatoms. The van der Waals surface area contributed by atoms with Crippen LogP contribution in [0.15, 0.2) is 0 Å². The minimum absolute atomic E-state index is 0. The second kappa shape index (κ2) is 8.43. The van der Waals surface area contributed by atoms with Gasteiger partial charge in [0.15, 0.2) is 0 Å². The van der Waals surface area contributed by atoms with Gasteiger partial charge < -0.3 is 4.74 Å². The van der Waals surface area contributed by atoms with Crippen LogP contribution in [-0.2, 0) is 54.2 Å². The molecule has 0 aromatic carbocycles. The summed E-state index contributed by atoms with van der Waals surface area (Å²) in [7, 11) is 0. The predicted octanol–water partition coefficient (Wildman–Crippen LogP) is 0.0910. The number of ether oxygens (including phenoxy) is 1. The third-order valence-corrected chi connectivity index (χ3v) is 0.287. The molecule has 0 spiro atoms. The maximum Gasteiger partial charge on any atom is 0.310 e. The summed E-state index contributed by atoms with van der Waals surface area (Å²) >= 11 is 0. The second-order valence-electron chi connectivity index (χ2n) is 1.09. The molecular weight excluding hydrogens is 304 g/mol. The molecule has 0 aliphatic rings. The van der Waals surface area contributed by atoms with E-state index in [1.54, 1.807) is 0 Å². The smallest absolute Gasteiger partial charge is 0.310 e. The van der Waals surface area contributed by atoms with Gasteiger partial charge in [0.2, 0.25) is 0 Å². The topological polar surface area (TPSA) is 43.4 Å². The molecule has 58 valence electrons. The van der Waals surface area contributed by atoms with Gasteiger partial charge in [-0.05, 0) is 0 Å². The maximum atomic E-state index is 9.81. The molecule has 0 unspecified atom stereocenters. The van der Waals surface area contributed by atoms with Crippen molar-refractivity contribution in [1.82, 2.24) is 0 Å². The number of carbonyl (C=O) groups is 2. The zero-order valence-corrected chi connectivity index (χ0v) is 8.19. The number of esters is 2. The van der Waals surface area contributed by atoms with Crippen LogP contribution in [0.3, 0.4) is 0 Å². The van der Waals surface area contributed by atoms with Crippen LogP contribution in [0.4, 0.5) is 0 Å². The SMILES string of the molecule is CC(=O)OC(C)=O.[Pd].[Ru]. The first-order chi connectivity index (χ1) is 3.13. The van der Waals surface area contributed by atoms with Gasteiger partial charge >= 0.3 is 11.9 Å². The Morgan fingerprint density at radius 3 is 1.33 bits per heavy atom. The van der Waals surface area contributed by atoms with Crippen molar-refractivity contribution in [3.05, 3.63) is 0 Å². The zero-order valence-electron chi connectivity index (χ0n) is 4.89. The van der Waals surface area contributed by atoms with E-state index in [0.29, 0.717) is 0 Å². The van der Waals surface area contributed by atoms with Crippen molar-refractivity contribution in [3.8, 4) is 0 Å². The molecule has 0 N–H and O–H groups in total. The van der Waals surface area contributed by atoms with Gasteiger partial charge in [-0.15, -0.1) is 0 Å². The van der Waals surface area contributed by atoms with E-state index in [1.165, 1.54) is 13.8 Å². The molecule has 0 aromatic rings. The van der Waals surface area contributed by atoms with Crippen LogP contribution in [0.1, 0.15) is 13.8 Å². The number of rotatable bonds is 0. The van der Waals surface area contributed by atoms with Crippen LogP contribution >= 0.6 is 0 Å². The molecule has 0 bridgehead atoms. The Kier molecular flexibility index (Phi) is 15.2. The van der Waals surface area contributed by atoms with Crippen LogP contribution in [0.2, 0.25) is 0 Å². The van der Waals surface area contributed by atoms with Gasteiger partial charge in [0.1, 0.15) is 0 Å². The minimum Gasteiger partial charge on any atom is -0.394 e. The molecule has 0 fully saturated rings. The molecule has 9 heavy (non-hydrogen) atoms. The third-order valence-electron chi connectivity index (χ3n) is 0.287. The van der Waals surface area contributed by atoms with E-state index in [4.69, 9.17) is 0 Å². The maximum absolute atomic E-state index is 9.81. The predicted molar refractivity (Wildman–Crippen MR) is 22.4 cm³/mol. The molecule has 0 amide bonds. The number of carbonyl (C=O) groups excluding carboxylic acids is 2. The molecule has 3 nitrogen and oxygen atoms in total. The van der Waals surface area contributed by atoms with E-state index in [0.717, 1.165) is 0 Å². The largest absolute Gasteiger partial charge is 0.394 e. The van der Waals surface area contributed by atoms with Crippen molar-refractivity contribution in [3.63, 3.8) is 0 Å². The molecule has 0 aliphatic carbocycles. The molecule has 0 atom stereocenters. The molecule has 0 aromatic heterocycles. The molecular formula is C4H6O3PdRu. The first-order valence-corrected chi connectivity index (χ1v) is 1.82. The summed E-state index contributed by atoms with van der Waals surface area (Å²) in [4.78, 5) is 19.6. The van der Waals surface area contributed by atoms with Crippen LogP contribution in [-0.4, -0.2) is 11.9 Å². The average Bonchev–Trinajstić information content (AvgIpc) is 1.27. The van der Waals surface area contributed by atoms with Gasteiger partial charge in [-0.2, -0.15) is 0 Å². The molecule has 0 rings (SSSR count).